The van der Waals surface area contributed by atoms with Crippen molar-refractivity contribution in [1.82, 2.24) is 4.98 Å². The number of para-hydroxylation sites is 1. The molecule has 4 nitrogen and oxygen atoms in total. The Bertz CT molecular complexity index is 529. The number of benzene rings is 1. The summed E-state index contributed by atoms with van der Waals surface area (Å²) in [6.45, 7) is 0.534. The van der Waals surface area contributed by atoms with Gasteiger partial charge in [0.1, 0.15) is 18.2 Å². The molecule has 0 saturated carbocycles. The summed E-state index contributed by atoms with van der Waals surface area (Å²) in [4.78, 5) is 4.40. The molecular formula is C15H18N2O2. The molecule has 0 unspecified atom stereocenters. The average molecular weight is 258 g/mol. The van der Waals surface area contributed by atoms with Crippen LogP contribution in [0.25, 0.3) is 0 Å². The highest BCUT2D eigenvalue weighted by Crippen LogP contribution is 2.19. The number of anilines is 1. The molecular weight excluding hydrogens is 240 g/mol. The maximum absolute atomic E-state index is 9.02. The monoisotopic (exact) mass is 258 g/mol. The Kier molecular flexibility index (Phi) is 4.75. The zero-order valence-electron chi connectivity index (χ0n) is 11.0. The summed E-state index contributed by atoms with van der Waals surface area (Å²) in [5.74, 6) is 1.62. The van der Waals surface area contributed by atoms with Gasteiger partial charge in [-0.3, -0.25) is 0 Å². The maximum Gasteiger partial charge on any atom is 0.130 e. The molecule has 2 rings (SSSR count). The molecule has 0 aliphatic rings. The average Bonchev–Trinajstić information content (AvgIpc) is 2.47. The van der Waals surface area contributed by atoms with Crippen LogP contribution in [-0.2, 0) is 13.0 Å². The Labute approximate surface area is 113 Å². The van der Waals surface area contributed by atoms with Crippen LogP contribution in [0.1, 0.15) is 11.3 Å². The number of hydrogen-bond donors (Lipinski definition) is 2. The van der Waals surface area contributed by atoms with Gasteiger partial charge < -0.3 is 15.2 Å². The lowest BCUT2D eigenvalue weighted by atomic mass is 10.1. The van der Waals surface area contributed by atoms with Crippen LogP contribution >= 0.6 is 0 Å². The van der Waals surface area contributed by atoms with E-state index in [2.05, 4.69) is 10.3 Å². The lowest BCUT2D eigenvalue weighted by Gasteiger charge is -2.11. The fraction of sp³-hybridized carbons (Fsp3) is 0.267. The van der Waals surface area contributed by atoms with Crippen molar-refractivity contribution in [3.8, 4) is 5.75 Å². The summed E-state index contributed by atoms with van der Waals surface area (Å²) in [5.41, 5.74) is 1.88. The van der Waals surface area contributed by atoms with E-state index in [0.29, 0.717) is 13.0 Å². The third-order valence-corrected chi connectivity index (χ3v) is 2.79. The number of aliphatic hydroxyl groups is 1. The van der Waals surface area contributed by atoms with Crippen LogP contribution < -0.4 is 10.1 Å². The molecule has 1 aromatic carbocycles. The SMILES string of the molecule is CNc1cccc(COc2ccccc2CCO)n1. The summed E-state index contributed by atoms with van der Waals surface area (Å²) in [6.07, 6.45) is 0.597. The highest BCUT2D eigenvalue weighted by molar-refractivity contribution is 5.35. The predicted molar refractivity (Wildman–Crippen MR) is 75.3 cm³/mol. The van der Waals surface area contributed by atoms with E-state index in [1.165, 1.54) is 0 Å². The van der Waals surface area contributed by atoms with Gasteiger partial charge >= 0.3 is 0 Å². The summed E-state index contributed by atoms with van der Waals surface area (Å²) in [6, 6.07) is 13.5. The maximum atomic E-state index is 9.02. The van der Waals surface area contributed by atoms with Gasteiger partial charge in [0.05, 0.1) is 5.69 Å². The first-order valence-corrected chi connectivity index (χ1v) is 6.28. The van der Waals surface area contributed by atoms with Gasteiger partial charge in [-0.2, -0.15) is 0 Å². The fourth-order valence-corrected chi connectivity index (χ4v) is 1.82. The van der Waals surface area contributed by atoms with Gasteiger partial charge in [0, 0.05) is 13.7 Å². The third-order valence-electron chi connectivity index (χ3n) is 2.79. The second-order valence-electron chi connectivity index (χ2n) is 4.13. The minimum Gasteiger partial charge on any atom is -0.487 e. The Morgan fingerprint density at radius 2 is 2.00 bits per heavy atom. The van der Waals surface area contributed by atoms with Crippen LogP contribution in [0.4, 0.5) is 5.82 Å². The quantitative estimate of drug-likeness (QED) is 0.834. The van der Waals surface area contributed by atoms with Crippen molar-refractivity contribution in [3.63, 3.8) is 0 Å². The Balaban J connectivity index is 2.05. The number of nitrogens with one attached hydrogen (secondary N) is 1. The van der Waals surface area contributed by atoms with E-state index in [1.54, 1.807) is 0 Å². The molecule has 0 atom stereocenters. The minimum atomic E-state index is 0.119. The van der Waals surface area contributed by atoms with Gasteiger partial charge in [-0.05, 0) is 30.2 Å². The molecule has 0 aliphatic heterocycles. The van der Waals surface area contributed by atoms with Gasteiger partial charge in [0.15, 0.2) is 0 Å². The van der Waals surface area contributed by atoms with Gasteiger partial charge in [-0.25, -0.2) is 4.98 Å². The first kappa shape index (κ1) is 13.4. The van der Waals surface area contributed by atoms with Crippen molar-refractivity contribution < 1.29 is 9.84 Å². The molecule has 0 aliphatic carbocycles. The number of ether oxygens (including phenoxy) is 1. The van der Waals surface area contributed by atoms with Crippen LogP contribution in [0.2, 0.25) is 0 Å². The first-order valence-electron chi connectivity index (χ1n) is 6.28. The molecule has 0 fully saturated rings. The second-order valence-corrected chi connectivity index (χ2v) is 4.13. The molecule has 0 amide bonds. The lowest BCUT2D eigenvalue weighted by molar-refractivity contribution is 0.282. The van der Waals surface area contributed by atoms with Crippen molar-refractivity contribution in [2.75, 3.05) is 19.0 Å². The molecule has 0 spiro atoms. The molecule has 4 heteroatoms. The standard InChI is InChI=1S/C15H18N2O2/c1-16-15-8-4-6-13(17-15)11-19-14-7-3-2-5-12(14)9-10-18/h2-8,18H,9-11H2,1H3,(H,16,17). The second kappa shape index (κ2) is 6.75. The van der Waals surface area contributed by atoms with Gasteiger partial charge in [-0.1, -0.05) is 24.3 Å². The number of aromatic nitrogens is 1. The zero-order valence-corrected chi connectivity index (χ0v) is 11.0. The van der Waals surface area contributed by atoms with E-state index in [0.717, 1.165) is 22.8 Å². The van der Waals surface area contributed by atoms with E-state index in [1.807, 2.05) is 49.5 Å². The highest BCUT2D eigenvalue weighted by atomic mass is 16.5. The number of pyridine rings is 1. The lowest BCUT2D eigenvalue weighted by Crippen LogP contribution is -2.03. The minimum absolute atomic E-state index is 0.119. The number of rotatable bonds is 6. The molecule has 100 valence electrons. The van der Waals surface area contributed by atoms with E-state index in [-0.39, 0.29) is 6.61 Å². The number of aliphatic hydroxyl groups excluding tert-OH is 1. The van der Waals surface area contributed by atoms with Crippen molar-refractivity contribution in [2.45, 2.75) is 13.0 Å². The fourth-order valence-electron chi connectivity index (χ4n) is 1.82. The number of hydrogen-bond acceptors (Lipinski definition) is 4. The van der Waals surface area contributed by atoms with Crippen LogP contribution in [0, 0.1) is 0 Å². The molecule has 0 radical (unpaired) electrons. The summed E-state index contributed by atoms with van der Waals surface area (Å²) in [5, 5.41) is 12.0. The van der Waals surface area contributed by atoms with Crippen molar-refractivity contribution in [1.29, 1.82) is 0 Å². The smallest absolute Gasteiger partial charge is 0.130 e. The normalized spacial score (nSPS) is 10.2. The molecule has 0 bridgehead atoms. The topological polar surface area (TPSA) is 54.4 Å². The molecule has 0 saturated heterocycles. The summed E-state index contributed by atoms with van der Waals surface area (Å²) >= 11 is 0. The van der Waals surface area contributed by atoms with Crippen LogP contribution in [0.3, 0.4) is 0 Å². The molecule has 1 heterocycles. The van der Waals surface area contributed by atoms with Gasteiger partial charge in [0.25, 0.3) is 0 Å². The van der Waals surface area contributed by atoms with Crippen LogP contribution in [-0.4, -0.2) is 23.7 Å². The van der Waals surface area contributed by atoms with Crippen LogP contribution in [0.5, 0.6) is 5.75 Å². The van der Waals surface area contributed by atoms with Crippen molar-refractivity contribution >= 4 is 5.82 Å². The molecule has 2 aromatic rings. The highest BCUT2D eigenvalue weighted by Gasteiger charge is 2.03. The van der Waals surface area contributed by atoms with E-state index in [4.69, 9.17) is 9.84 Å². The predicted octanol–water partition coefficient (Wildman–Crippen LogP) is 2.24. The summed E-state index contributed by atoms with van der Waals surface area (Å²) in [7, 11) is 1.84. The number of nitrogens with zero attached hydrogens (tertiary/aromatic N) is 1. The van der Waals surface area contributed by atoms with E-state index in [9.17, 15) is 0 Å². The Morgan fingerprint density at radius 1 is 1.16 bits per heavy atom. The third kappa shape index (κ3) is 3.69. The first-order chi connectivity index (χ1) is 9.33. The molecule has 2 N–H and O–H groups in total. The van der Waals surface area contributed by atoms with Crippen molar-refractivity contribution in [3.05, 3.63) is 53.7 Å². The van der Waals surface area contributed by atoms with E-state index >= 15 is 0 Å². The Morgan fingerprint density at radius 3 is 2.79 bits per heavy atom. The largest absolute Gasteiger partial charge is 0.487 e. The molecule has 19 heavy (non-hydrogen) atoms. The Hall–Kier alpha value is -2.07. The van der Waals surface area contributed by atoms with Crippen molar-refractivity contribution in [2.24, 2.45) is 0 Å². The zero-order chi connectivity index (χ0) is 13.5. The van der Waals surface area contributed by atoms with Gasteiger partial charge in [-0.15, -0.1) is 0 Å². The van der Waals surface area contributed by atoms with Crippen LogP contribution in [0.15, 0.2) is 42.5 Å². The van der Waals surface area contributed by atoms with E-state index < -0.39 is 0 Å². The summed E-state index contributed by atoms with van der Waals surface area (Å²) < 4.78 is 5.77. The van der Waals surface area contributed by atoms with Gasteiger partial charge in [0.2, 0.25) is 0 Å². The molecule has 1 aromatic heterocycles.